The van der Waals surface area contributed by atoms with E-state index in [4.69, 9.17) is 0 Å². The highest BCUT2D eigenvalue weighted by atomic mass is 32.1. The van der Waals surface area contributed by atoms with Crippen molar-refractivity contribution in [1.82, 2.24) is 4.98 Å². The van der Waals surface area contributed by atoms with Crippen LogP contribution in [-0.2, 0) is 6.42 Å². The molecule has 0 saturated heterocycles. The quantitative estimate of drug-likeness (QED) is 0.860. The van der Waals surface area contributed by atoms with Gasteiger partial charge in [0.1, 0.15) is 0 Å². The van der Waals surface area contributed by atoms with Crippen LogP contribution in [0.15, 0.2) is 42.0 Å². The first-order valence-corrected chi connectivity index (χ1v) is 6.34. The zero-order valence-corrected chi connectivity index (χ0v) is 9.86. The molecule has 0 aliphatic carbocycles. The van der Waals surface area contributed by atoms with Crippen molar-refractivity contribution in [3.8, 4) is 0 Å². The van der Waals surface area contributed by atoms with E-state index < -0.39 is 0 Å². The van der Waals surface area contributed by atoms with Crippen molar-refractivity contribution in [2.75, 3.05) is 0 Å². The van der Waals surface area contributed by atoms with Gasteiger partial charge in [-0.2, -0.15) is 0 Å². The van der Waals surface area contributed by atoms with E-state index in [9.17, 15) is 5.11 Å². The van der Waals surface area contributed by atoms with Crippen LogP contribution in [0.3, 0.4) is 0 Å². The van der Waals surface area contributed by atoms with Gasteiger partial charge >= 0.3 is 0 Å². The van der Waals surface area contributed by atoms with Gasteiger partial charge in [-0.05, 0) is 24.8 Å². The van der Waals surface area contributed by atoms with Gasteiger partial charge in [0.25, 0.3) is 0 Å². The lowest BCUT2D eigenvalue weighted by Crippen LogP contribution is -1.97. The Morgan fingerprint density at radius 2 is 2.06 bits per heavy atom. The summed E-state index contributed by atoms with van der Waals surface area (Å²) in [4.78, 5) is 5.33. The maximum Gasteiger partial charge on any atom is 0.0794 e. The van der Waals surface area contributed by atoms with Crippen LogP contribution in [0.2, 0.25) is 0 Å². The van der Waals surface area contributed by atoms with Crippen LogP contribution in [0, 0.1) is 0 Å². The number of hydrogen-bond donors (Lipinski definition) is 1. The number of aromatic nitrogens is 1. The van der Waals surface area contributed by atoms with E-state index in [0.717, 1.165) is 24.8 Å². The van der Waals surface area contributed by atoms with E-state index >= 15 is 0 Å². The number of aliphatic hydroxyl groups is 1. The molecule has 1 unspecified atom stereocenters. The van der Waals surface area contributed by atoms with Crippen molar-refractivity contribution in [2.45, 2.75) is 25.4 Å². The molecule has 0 aliphatic rings. The second kappa shape index (κ2) is 5.77. The molecule has 0 spiro atoms. The average molecular weight is 233 g/mol. The average Bonchev–Trinajstić information content (AvgIpc) is 2.83. The van der Waals surface area contributed by atoms with Crippen LogP contribution in [0.25, 0.3) is 0 Å². The summed E-state index contributed by atoms with van der Waals surface area (Å²) in [5.41, 5.74) is 2.86. The van der Waals surface area contributed by atoms with Crippen LogP contribution in [0.5, 0.6) is 0 Å². The Kier molecular flexibility index (Phi) is 4.08. The third kappa shape index (κ3) is 3.15. The van der Waals surface area contributed by atoms with Crippen molar-refractivity contribution < 1.29 is 5.11 Å². The van der Waals surface area contributed by atoms with Gasteiger partial charge in [0, 0.05) is 11.1 Å². The van der Waals surface area contributed by atoms with E-state index in [0.29, 0.717) is 0 Å². The molecule has 1 heterocycles. The number of thiazole rings is 1. The minimum absolute atomic E-state index is 0.339. The molecular formula is C13H15NOS. The van der Waals surface area contributed by atoms with Crippen molar-refractivity contribution >= 4 is 11.3 Å². The molecule has 84 valence electrons. The maximum atomic E-state index is 9.94. The first-order valence-electron chi connectivity index (χ1n) is 5.46. The van der Waals surface area contributed by atoms with Gasteiger partial charge in [0.15, 0.2) is 0 Å². The monoisotopic (exact) mass is 233 g/mol. The smallest absolute Gasteiger partial charge is 0.0794 e. The number of benzene rings is 1. The molecule has 16 heavy (non-hydrogen) atoms. The minimum atomic E-state index is -0.339. The summed E-state index contributed by atoms with van der Waals surface area (Å²) >= 11 is 1.68. The first kappa shape index (κ1) is 11.3. The molecule has 2 nitrogen and oxygen atoms in total. The Bertz CT molecular complexity index is 399. The zero-order valence-electron chi connectivity index (χ0n) is 9.04. The highest BCUT2D eigenvalue weighted by molar-refractivity contribution is 7.09. The summed E-state index contributed by atoms with van der Waals surface area (Å²) in [5, 5.41) is 9.94. The summed E-state index contributed by atoms with van der Waals surface area (Å²) in [6.07, 6.45) is 4.38. The van der Waals surface area contributed by atoms with Gasteiger partial charge in [-0.25, -0.2) is 0 Å². The van der Waals surface area contributed by atoms with Crippen LogP contribution in [0.1, 0.15) is 29.4 Å². The summed E-state index contributed by atoms with van der Waals surface area (Å²) in [6.45, 7) is 0. The van der Waals surface area contributed by atoms with Crippen LogP contribution < -0.4 is 0 Å². The lowest BCUT2D eigenvalue weighted by atomic mass is 10.0. The molecule has 0 saturated carbocycles. The Labute approximate surface area is 99.6 Å². The standard InChI is InChI=1S/C13H15NOS/c15-13(11-5-2-1-3-6-11)8-4-7-12-9-14-10-16-12/h1-3,5-6,9-10,13,15H,4,7-8H2. The first-order chi connectivity index (χ1) is 7.86. The third-order valence-corrected chi connectivity index (χ3v) is 3.41. The predicted octanol–water partition coefficient (Wildman–Crippen LogP) is 3.20. The molecule has 2 aromatic rings. The molecule has 3 heteroatoms. The number of aliphatic hydroxyl groups excluding tert-OH is 1. The predicted molar refractivity (Wildman–Crippen MR) is 66.5 cm³/mol. The van der Waals surface area contributed by atoms with E-state index in [1.807, 2.05) is 42.0 Å². The molecule has 1 aromatic heterocycles. The molecule has 1 atom stereocenters. The fourth-order valence-electron chi connectivity index (χ4n) is 1.68. The number of aryl methyl sites for hydroxylation is 1. The highest BCUT2D eigenvalue weighted by Crippen LogP contribution is 2.19. The normalized spacial score (nSPS) is 12.6. The molecule has 1 N–H and O–H groups in total. The van der Waals surface area contributed by atoms with Gasteiger partial charge in [0.2, 0.25) is 0 Å². The van der Waals surface area contributed by atoms with Crippen molar-refractivity contribution in [3.05, 3.63) is 52.5 Å². The molecule has 2 rings (SSSR count). The molecule has 0 amide bonds. The van der Waals surface area contributed by atoms with Gasteiger partial charge in [-0.1, -0.05) is 30.3 Å². The summed E-state index contributed by atoms with van der Waals surface area (Å²) in [5.74, 6) is 0. The molecule has 0 aliphatic heterocycles. The molecule has 0 fully saturated rings. The topological polar surface area (TPSA) is 33.1 Å². The lowest BCUT2D eigenvalue weighted by molar-refractivity contribution is 0.165. The highest BCUT2D eigenvalue weighted by Gasteiger charge is 2.06. The van der Waals surface area contributed by atoms with Crippen LogP contribution in [-0.4, -0.2) is 10.1 Å². The SMILES string of the molecule is OC(CCCc1cncs1)c1ccccc1. The Morgan fingerprint density at radius 1 is 1.25 bits per heavy atom. The summed E-state index contributed by atoms with van der Waals surface area (Å²) < 4.78 is 0. The second-order valence-electron chi connectivity index (χ2n) is 3.79. The third-order valence-electron chi connectivity index (χ3n) is 2.57. The maximum absolute atomic E-state index is 9.94. The van der Waals surface area contributed by atoms with Gasteiger partial charge in [-0.3, -0.25) is 4.98 Å². The van der Waals surface area contributed by atoms with E-state index in [-0.39, 0.29) is 6.10 Å². The summed E-state index contributed by atoms with van der Waals surface area (Å²) in [7, 11) is 0. The second-order valence-corrected chi connectivity index (χ2v) is 4.76. The van der Waals surface area contributed by atoms with Gasteiger partial charge in [0.05, 0.1) is 11.6 Å². The Hall–Kier alpha value is -1.19. The largest absolute Gasteiger partial charge is 0.388 e. The Balaban J connectivity index is 1.78. The number of nitrogens with zero attached hydrogens (tertiary/aromatic N) is 1. The van der Waals surface area contributed by atoms with E-state index in [1.54, 1.807) is 11.3 Å². The van der Waals surface area contributed by atoms with E-state index in [1.165, 1.54) is 4.88 Å². The van der Waals surface area contributed by atoms with Crippen LogP contribution in [0.4, 0.5) is 0 Å². The lowest BCUT2D eigenvalue weighted by Gasteiger charge is -2.09. The zero-order chi connectivity index (χ0) is 11.2. The number of hydrogen-bond acceptors (Lipinski definition) is 3. The van der Waals surface area contributed by atoms with Gasteiger partial charge < -0.3 is 5.11 Å². The molecule has 0 bridgehead atoms. The van der Waals surface area contributed by atoms with Crippen LogP contribution >= 0.6 is 11.3 Å². The van der Waals surface area contributed by atoms with Gasteiger partial charge in [-0.15, -0.1) is 11.3 Å². The minimum Gasteiger partial charge on any atom is -0.388 e. The fraction of sp³-hybridized carbons (Fsp3) is 0.308. The molecule has 1 aromatic carbocycles. The molecule has 0 radical (unpaired) electrons. The molecular weight excluding hydrogens is 218 g/mol. The number of rotatable bonds is 5. The fourth-order valence-corrected chi connectivity index (χ4v) is 2.32. The van der Waals surface area contributed by atoms with E-state index in [2.05, 4.69) is 4.98 Å². The van der Waals surface area contributed by atoms with Crippen molar-refractivity contribution in [3.63, 3.8) is 0 Å². The Morgan fingerprint density at radius 3 is 2.75 bits per heavy atom. The van der Waals surface area contributed by atoms with Crippen molar-refractivity contribution in [2.24, 2.45) is 0 Å². The van der Waals surface area contributed by atoms with Crippen molar-refractivity contribution in [1.29, 1.82) is 0 Å². The summed E-state index contributed by atoms with van der Waals surface area (Å²) in [6, 6.07) is 9.83.